The molecule has 2 aromatic heterocycles. The van der Waals surface area contributed by atoms with E-state index in [1.54, 1.807) is 19.2 Å². The van der Waals surface area contributed by atoms with E-state index in [1.165, 1.54) is 15.9 Å². The fourth-order valence-electron chi connectivity index (χ4n) is 1.58. The molecule has 0 saturated heterocycles. The monoisotopic (exact) mass is 389 g/mol. The van der Waals surface area contributed by atoms with Crippen molar-refractivity contribution in [2.24, 2.45) is 0 Å². The molecule has 2 heterocycles. The van der Waals surface area contributed by atoms with E-state index in [0.29, 0.717) is 10.4 Å². The van der Waals surface area contributed by atoms with Crippen molar-refractivity contribution in [3.63, 3.8) is 0 Å². The summed E-state index contributed by atoms with van der Waals surface area (Å²) in [6, 6.07) is 3.57. The molecular formula is C12H9Br2NO2S. The van der Waals surface area contributed by atoms with Gasteiger partial charge in [-0.15, -0.1) is 11.3 Å². The Morgan fingerprint density at radius 1 is 1.44 bits per heavy atom. The molecule has 0 saturated carbocycles. The summed E-state index contributed by atoms with van der Waals surface area (Å²) < 4.78 is 2.99. The Balaban J connectivity index is 2.33. The third-order valence-electron chi connectivity index (χ3n) is 2.42. The smallest absolute Gasteiger partial charge is 0.253 e. The van der Waals surface area contributed by atoms with Crippen LogP contribution >= 0.6 is 43.2 Å². The molecule has 2 rings (SSSR count). The number of hydrogen-bond acceptors (Lipinski definition) is 3. The van der Waals surface area contributed by atoms with Crippen LogP contribution in [0.4, 0.5) is 0 Å². The second-order valence-corrected chi connectivity index (χ2v) is 6.48. The molecule has 0 atom stereocenters. The van der Waals surface area contributed by atoms with Crippen LogP contribution in [0.15, 0.2) is 37.4 Å². The molecule has 0 aliphatic rings. The first kappa shape index (κ1) is 13.7. The molecule has 0 radical (unpaired) electrons. The molecule has 2 aromatic rings. The van der Waals surface area contributed by atoms with Gasteiger partial charge >= 0.3 is 0 Å². The van der Waals surface area contributed by atoms with E-state index in [4.69, 9.17) is 0 Å². The quantitative estimate of drug-likeness (QED) is 0.750. The highest BCUT2D eigenvalue weighted by Gasteiger charge is 2.13. The highest BCUT2D eigenvalue weighted by atomic mass is 79.9. The largest absolute Gasteiger partial charge is 0.306 e. The number of aryl methyl sites for hydroxylation is 1. The number of carbonyl (C=O) groups is 1. The van der Waals surface area contributed by atoms with Crippen LogP contribution in [0.25, 0.3) is 0 Å². The standard InChI is InChI=1S/C12H9Br2NO2S/c1-7-4-8(13)5-15(12(7)17)6-10(16)11-9(14)2-3-18-11/h2-5H,6H2,1H3. The van der Waals surface area contributed by atoms with Gasteiger partial charge in [-0.3, -0.25) is 9.59 Å². The summed E-state index contributed by atoms with van der Waals surface area (Å²) in [6.45, 7) is 1.79. The van der Waals surface area contributed by atoms with Crippen LogP contribution in [0.3, 0.4) is 0 Å². The molecular weight excluding hydrogens is 382 g/mol. The SMILES string of the molecule is Cc1cc(Br)cn(CC(=O)c2sccc2Br)c1=O. The minimum atomic E-state index is -0.140. The second kappa shape index (κ2) is 5.50. The zero-order valence-corrected chi connectivity index (χ0v) is 13.4. The maximum atomic E-state index is 12.1. The van der Waals surface area contributed by atoms with Crippen molar-refractivity contribution in [1.29, 1.82) is 0 Å². The van der Waals surface area contributed by atoms with E-state index in [2.05, 4.69) is 31.9 Å². The molecule has 3 nitrogen and oxygen atoms in total. The zero-order valence-electron chi connectivity index (χ0n) is 9.44. The van der Waals surface area contributed by atoms with E-state index in [1.807, 2.05) is 11.4 Å². The van der Waals surface area contributed by atoms with Gasteiger partial charge in [0.2, 0.25) is 0 Å². The third-order valence-corrected chi connectivity index (χ3v) is 4.73. The average molecular weight is 391 g/mol. The first-order chi connectivity index (χ1) is 8.49. The van der Waals surface area contributed by atoms with Gasteiger partial charge in [0.1, 0.15) is 0 Å². The van der Waals surface area contributed by atoms with Gasteiger partial charge in [0, 0.05) is 20.7 Å². The Hall–Kier alpha value is -0.720. The van der Waals surface area contributed by atoms with Crippen molar-refractivity contribution in [3.05, 3.63) is 53.4 Å². The van der Waals surface area contributed by atoms with Gasteiger partial charge in [-0.25, -0.2) is 0 Å². The van der Waals surface area contributed by atoms with Gasteiger partial charge in [0.05, 0.1) is 11.4 Å². The summed E-state index contributed by atoms with van der Waals surface area (Å²) in [5, 5.41) is 1.84. The second-order valence-electron chi connectivity index (χ2n) is 3.80. The lowest BCUT2D eigenvalue weighted by atomic mass is 10.3. The maximum Gasteiger partial charge on any atom is 0.253 e. The lowest BCUT2D eigenvalue weighted by Gasteiger charge is -2.06. The molecule has 0 unspecified atom stereocenters. The van der Waals surface area contributed by atoms with Gasteiger partial charge in [0.25, 0.3) is 5.56 Å². The molecule has 0 aliphatic carbocycles. The van der Waals surface area contributed by atoms with E-state index in [9.17, 15) is 9.59 Å². The normalized spacial score (nSPS) is 10.6. The summed E-state index contributed by atoms with van der Waals surface area (Å²) in [7, 11) is 0. The van der Waals surface area contributed by atoms with Gasteiger partial charge in [-0.05, 0) is 56.3 Å². The van der Waals surface area contributed by atoms with Crippen molar-refractivity contribution in [2.75, 3.05) is 0 Å². The Kier molecular flexibility index (Phi) is 4.19. The summed E-state index contributed by atoms with van der Waals surface area (Å²) in [4.78, 5) is 24.6. The van der Waals surface area contributed by atoms with Crippen LogP contribution in [-0.4, -0.2) is 10.4 Å². The minimum Gasteiger partial charge on any atom is -0.306 e. The first-order valence-electron chi connectivity index (χ1n) is 5.12. The summed E-state index contributed by atoms with van der Waals surface area (Å²) in [6.07, 6.45) is 1.63. The van der Waals surface area contributed by atoms with E-state index in [0.717, 1.165) is 8.95 Å². The third kappa shape index (κ3) is 2.81. The Labute approximate surface area is 125 Å². The van der Waals surface area contributed by atoms with E-state index < -0.39 is 0 Å². The molecule has 94 valence electrons. The van der Waals surface area contributed by atoms with Gasteiger partial charge in [0.15, 0.2) is 5.78 Å². The van der Waals surface area contributed by atoms with Crippen LogP contribution in [0.5, 0.6) is 0 Å². The van der Waals surface area contributed by atoms with Gasteiger partial charge < -0.3 is 4.57 Å². The highest BCUT2D eigenvalue weighted by molar-refractivity contribution is 9.10. The molecule has 18 heavy (non-hydrogen) atoms. The Morgan fingerprint density at radius 3 is 2.78 bits per heavy atom. The fraction of sp³-hybridized carbons (Fsp3) is 0.167. The van der Waals surface area contributed by atoms with Gasteiger partial charge in [-0.1, -0.05) is 0 Å². The van der Waals surface area contributed by atoms with Crippen molar-refractivity contribution < 1.29 is 4.79 Å². The average Bonchev–Trinajstić information content (AvgIpc) is 2.71. The van der Waals surface area contributed by atoms with Crippen molar-refractivity contribution in [3.8, 4) is 0 Å². The molecule has 0 fully saturated rings. The Bertz CT molecular complexity index is 660. The number of aromatic nitrogens is 1. The lowest BCUT2D eigenvalue weighted by molar-refractivity contribution is 0.0974. The van der Waals surface area contributed by atoms with E-state index >= 15 is 0 Å². The predicted octanol–water partition coefficient (Wildman–Crippen LogP) is 3.63. The van der Waals surface area contributed by atoms with Crippen LogP contribution in [0.2, 0.25) is 0 Å². The summed E-state index contributed by atoms with van der Waals surface area (Å²) in [5.41, 5.74) is 0.474. The number of carbonyl (C=O) groups excluding carboxylic acids is 1. The summed E-state index contributed by atoms with van der Waals surface area (Å²) in [5.74, 6) is -0.0727. The van der Waals surface area contributed by atoms with Crippen molar-refractivity contribution in [1.82, 2.24) is 4.57 Å². The Morgan fingerprint density at radius 2 is 2.17 bits per heavy atom. The molecule has 0 aliphatic heterocycles. The van der Waals surface area contributed by atoms with Crippen molar-refractivity contribution >= 4 is 49.0 Å². The van der Waals surface area contributed by atoms with E-state index in [-0.39, 0.29) is 17.9 Å². The first-order valence-corrected chi connectivity index (χ1v) is 7.58. The minimum absolute atomic E-state index is 0.0538. The van der Waals surface area contributed by atoms with Crippen LogP contribution in [0, 0.1) is 6.92 Å². The molecule has 0 bridgehead atoms. The van der Waals surface area contributed by atoms with Crippen LogP contribution in [0.1, 0.15) is 15.2 Å². The number of halogens is 2. The van der Waals surface area contributed by atoms with Crippen molar-refractivity contribution in [2.45, 2.75) is 13.5 Å². The topological polar surface area (TPSA) is 39.1 Å². The molecule has 0 spiro atoms. The van der Waals surface area contributed by atoms with Crippen LogP contribution in [-0.2, 0) is 6.54 Å². The molecule has 0 N–H and O–H groups in total. The van der Waals surface area contributed by atoms with Crippen LogP contribution < -0.4 is 5.56 Å². The predicted molar refractivity (Wildman–Crippen MR) is 79.5 cm³/mol. The number of rotatable bonds is 3. The van der Waals surface area contributed by atoms with Gasteiger partial charge in [-0.2, -0.15) is 0 Å². The lowest BCUT2D eigenvalue weighted by Crippen LogP contribution is -2.25. The number of hydrogen-bond donors (Lipinski definition) is 0. The molecule has 0 amide bonds. The fourth-order valence-corrected chi connectivity index (χ4v) is 3.69. The number of ketones is 1. The molecule has 0 aromatic carbocycles. The number of thiophene rings is 1. The molecule has 6 heteroatoms. The maximum absolute atomic E-state index is 12.1. The number of pyridine rings is 1. The number of Topliss-reactive ketones (excluding diaryl/α,β-unsaturated/α-hetero) is 1. The zero-order chi connectivity index (χ0) is 13.3. The number of nitrogens with zero attached hydrogens (tertiary/aromatic N) is 1. The summed E-state index contributed by atoms with van der Waals surface area (Å²) >= 11 is 8.01. The highest BCUT2D eigenvalue weighted by Crippen LogP contribution is 2.23.